The van der Waals surface area contributed by atoms with Gasteiger partial charge in [0.15, 0.2) is 0 Å². The highest BCUT2D eigenvalue weighted by Gasteiger charge is 2.14. The van der Waals surface area contributed by atoms with Crippen LogP contribution in [0.2, 0.25) is 0 Å². The summed E-state index contributed by atoms with van der Waals surface area (Å²) in [5, 5.41) is 4.67. The van der Waals surface area contributed by atoms with Crippen LogP contribution in [0.1, 0.15) is 0 Å². The lowest BCUT2D eigenvalue weighted by molar-refractivity contribution is 0.570. The highest BCUT2D eigenvalue weighted by Crippen LogP contribution is 2.37. The first-order valence-corrected chi connectivity index (χ1v) is 11.2. The van der Waals surface area contributed by atoms with Gasteiger partial charge in [0.2, 0.25) is 0 Å². The molecular formula is C31H18O3. The molecule has 160 valence electrons. The second-order valence-electron chi connectivity index (χ2n) is 8.47. The van der Waals surface area contributed by atoms with Crippen molar-refractivity contribution in [2.45, 2.75) is 0 Å². The Morgan fingerprint density at radius 2 is 0.971 bits per heavy atom. The zero-order valence-electron chi connectivity index (χ0n) is 18.1. The van der Waals surface area contributed by atoms with Crippen molar-refractivity contribution in [2.24, 2.45) is 0 Å². The number of hydrogen-bond donors (Lipinski definition) is 0. The van der Waals surface area contributed by atoms with Crippen LogP contribution in [0.15, 0.2) is 123 Å². The molecule has 5 aromatic carbocycles. The van der Waals surface area contributed by atoms with Crippen molar-refractivity contribution in [3.8, 4) is 22.3 Å². The summed E-state index contributed by atoms with van der Waals surface area (Å²) in [6.07, 6.45) is 0. The van der Waals surface area contributed by atoms with Gasteiger partial charge >= 0.3 is 5.63 Å². The third-order valence-electron chi connectivity index (χ3n) is 6.56. The maximum absolute atomic E-state index is 12.9. The average Bonchev–Trinajstić information content (AvgIpc) is 3.28. The molecule has 0 fully saturated rings. The lowest BCUT2D eigenvalue weighted by Gasteiger charge is -2.09. The first-order chi connectivity index (χ1) is 16.8. The molecule has 0 atom stereocenters. The van der Waals surface area contributed by atoms with Crippen molar-refractivity contribution >= 4 is 43.7 Å². The van der Waals surface area contributed by atoms with Crippen LogP contribution in [0, 0.1) is 0 Å². The van der Waals surface area contributed by atoms with Gasteiger partial charge in [-0.2, -0.15) is 0 Å². The van der Waals surface area contributed by atoms with E-state index in [0.29, 0.717) is 11.0 Å². The Bertz CT molecular complexity index is 1920. The van der Waals surface area contributed by atoms with Crippen molar-refractivity contribution in [3.05, 3.63) is 120 Å². The topological polar surface area (TPSA) is 43.4 Å². The van der Waals surface area contributed by atoms with Gasteiger partial charge in [0.05, 0.1) is 5.39 Å². The molecule has 0 amide bonds. The van der Waals surface area contributed by atoms with Crippen LogP contribution in [0.5, 0.6) is 0 Å². The minimum atomic E-state index is -0.319. The maximum atomic E-state index is 12.9. The predicted octanol–water partition coefficient (Wildman–Crippen LogP) is 8.18. The Labute approximate surface area is 194 Å². The van der Waals surface area contributed by atoms with Crippen LogP contribution in [-0.4, -0.2) is 0 Å². The van der Waals surface area contributed by atoms with E-state index < -0.39 is 0 Å². The molecule has 0 saturated carbocycles. The van der Waals surface area contributed by atoms with E-state index >= 15 is 0 Å². The maximum Gasteiger partial charge on any atom is 0.344 e. The van der Waals surface area contributed by atoms with Crippen LogP contribution in [0.3, 0.4) is 0 Å². The third kappa shape index (κ3) is 2.74. The molecule has 7 aromatic rings. The molecule has 7 rings (SSSR count). The molecule has 3 nitrogen and oxygen atoms in total. The van der Waals surface area contributed by atoms with Crippen LogP contribution in [-0.2, 0) is 0 Å². The highest BCUT2D eigenvalue weighted by molar-refractivity contribution is 6.11. The molecule has 0 saturated heterocycles. The smallest absolute Gasteiger partial charge is 0.344 e. The lowest BCUT2D eigenvalue weighted by Crippen LogP contribution is -2.01. The molecule has 34 heavy (non-hydrogen) atoms. The van der Waals surface area contributed by atoms with Gasteiger partial charge in [-0.15, -0.1) is 0 Å². The molecule has 0 unspecified atom stereocenters. The van der Waals surface area contributed by atoms with Crippen LogP contribution in [0.25, 0.3) is 65.9 Å². The van der Waals surface area contributed by atoms with E-state index in [9.17, 15) is 4.79 Å². The molecule has 0 bridgehead atoms. The second-order valence-corrected chi connectivity index (χ2v) is 8.47. The summed E-state index contributed by atoms with van der Waals surface area (Å²) in [6, 6.07) is 36.2. The molecule has 0 aliphatic rings. The average molecular weight is 438 g/mol. The van der Waals surface area contributed by atoms with E-state index in [4.69, 9.17) is 8.83 Å². The minimum Gasteiger partial charge on any atom is -0.455 e. The number of benzene rings is 5. The summed E-state index contributed by atoms with van der Waals surface area (Å²) in [6.45, 7) is 0. The minimum absolute atomic E-state index is 0.319. The van der Waals surface area contributed by atoms with Gasteiger partial charge in [0.25, 0.3) is 0 Å². The van der Waals surface area contributed by atoms with Crippen LogP contribution < -0.4 is 5.63 Å². The van der Waals surface area contributed by atoms with Crippen molar-refractivity contribution in [1.29, 1.82) is 0 Å². The summed E-state index contributed by atoms with van der Waals surface area (Å²) >= 11 is 0. The van der Waals surface area contributed by atoms with Gasteiger partial charge < -0.3 is 8.83 Å². The van der Waals surface area contributed by atoms with E-state index in [2.05, 4.69) is 48.5 Å². The molecule has 3 heteroatoms. The van der Waals surface area contributed by atoms with Crippen molar-refractivity contribution in [2.75, 3.05) is 0 Å². The van der Waals surface area contributed by atoms with E-state index in [1.807, 2.05) is 60.7 Å². The Kier molecular flexibility index (Phi) is 4.00. The molecule has 0 spiro atoms. The lowest BCUT2D eigenvalue weighted by atomic mass is 9.95. The molecular weight excluding hydrogens is 420 g/mol. The van der Waals surface area contributed by atoms with Crippen molar-refractivity contribution < 1.29 is 8.83 Å². The van der Waals surface area contributed by atoms with Gasteiger partial charge in [-0.1, -0.05) is 97.1 Å². The Hall–Kier alpha value is -4.63. The summed E-state index contributed by atoms with van der Waals surface area (Å²) < 4.78 is 11.9. The summed E-state index contributed by atoms with van der Waals surface area (Å²) in [5.74, 6) is 0. The standard InChI is InChI=1S/C31H18O3/c32-31-29-21(9-5-11-25(29)23-7-1-4-14-28(23)34-31)19-15-17-20(18-16-19)22-10-6-12-26-24-8-2-3-13-27(24)33-30(22)26/h1-18H. The number of furan rings is 1. The molecule has 0 aliphatic heterocycles. The zero-order valence-corrected chi connectivity index (χ0v) is 18.1. The SMILES string of the molecule is O=c1oc2ccccc2c2cccc(-c3ccc(-c4cccc5c4oc4ccccc45)cc3)c12. The van der Waals surface area contributed by atoms with Gasteiger partial charge in [-0.3, -0.25) is 0 Å². The highest BCUT2D eigenvalue weighted by atomic mass is 16.4. The van der Waals surface area contributed by atoms with Gasteiger partial charge in [0, 0.05) is 27.1 Å². The quantitative estimate of drug-likeness (QED) is 0.202. The van der Waals surface area contributed by atoms with Crippen LogP contribution in [0.4, 0.5) is 0 Å². The normalized spacial score (nSPS) is 11.6. The first-order valence-electron chi connectivity index (χ1n) is 11.2. The van der Waals surface area contributed by atoms with Crippen molar-refractivity contribution in [3.63, 3.8) is 0 Å². The van der Waals surface area contributed by atoms with Gasteiger partial charge in [0.1, 0.15) is 16.7 Å². The molecule has 0 N–H and O–H groups in total. The number of fused-ring (bicyclic) bond motifs is 6. The molecule has 0 aliphatic carbocycles. The van der Waals surface area contributed by atoms with E-state index in [1.165, 1.54) is 0 Å². The zero-order chi connectivity index (χ0) is 22.6. The Morgan fingerprint density at radius 3 is 1.71 bits per heavy atom. The fourth-order valence-electron chi connectivity index (χ4n) is 4.97. The Balaban J connectivity index is 1.40. The van der Waals surface area contributed by atoms with Crippen LogP contribution >= 0.6 is 0 Å². The largest absolute Gasteiger partial charge is 0.455 e. The fraction of sp³-hybridized carbons (Fsp3) is 0. The predicted molar refractivity (Wildman–Crippen MR) is 138 cm³/mol. The monoisotopic (exact) mass is 438 g/mol. The number of hydrogen-bond acceptors (Lipinski definition) is 3. The first kappa shape index (κ1) is 18.9. The number of para-hydroxylation sites is 3. The van der Waals surface area contributed by atoms with Gasteiger partial charge in [-0.05, 0) is 28.8 Å². The summed E-state index contributed by atoms with van der Waals surface area (Å²) in [4.78, 5) is 12.9. The van der Waals surface area contributed by atoms with Crippen molar-refractivity contribution in [1.82, 2.24) is 0 Å². The molecule has 0 radical (unpaired) electrons. The summed E-state index contributed by atoms with van der Waals surface area (Å²) in [5.41, 5.74) is 5.99. The number of rotatable bonds is 2. The third-order valence-corrected chi connectivity index (χ3v) is 6.56. The Morgan fingerprint density at radius 1 is 0.441 bits per heavy atom. The second kappa shape index (κ2) is 7.19. The van der Waals surface area contributed by atoms with E-state index in [0.717, 1.165) is 55.0 Å². The fourth-order valence-corrected chi connectivity index (χ4v) is 4.97. The van der Waals surface area contributed by atoms with E-state index in [-0.39, 0.29) is 5.63 Å². The molecule has 2 heterocycles. The molecule has 2 aromatic heterocycles. The van der Waals surface area contributed by atoms with E-state index in [1.54, 1.807) is 0 Å². The van der Waals surface area contributed by atoms with Gasteiger partial charge in [-0.25, -0.2) is 4.79 Å². The summed E-state index contributed by atoms with van der Waals surface area (Å²) in [7, 11) is 0.